The summed E-state index contributed by atoms with van der Waals surface area (Å²) in [5.41, 5.74) is 15.5. The van der Waals surface area contributed by atoms with E-state index in [1.807, 2.05) is 13.8 Å². The first-order valence-electron chi connectivity index (χ1n) is 7.30. The van der Waals surface area contributed by atoms with Crippen molar-refractivity contribution in [1.82, 2.24) is 9.55 Å². The zero-order valence-electron chi connectivity index (χ0n) is 13.5. The number of aromatic hydroxyl groups is 1. The molecule has 0 bridgehead atoms. The number of phenolic OH excluding ortho intramolecular Hbond substituents is 1. The van der Waals surface area contributed by atoms with E-state index in [4.69, 9.17) is 11.5 Å². The minimum Gasteiger partial charge on any atom is -0.508 e. The average molecular weight is 389 g/mol. The van der Waals surface area contributed by atoms with Crippen molar-refractivity contribution in [2.24, 2.45) is 5.73 Å². The summed E-state index contributed by atoms with van der Waals surface area (Å²) in [4.78, 5) is 16.5. The summed E-state index contributed by atoms with van der Waals surface area (Å²) >= 11 is 3.43. The predicted octanol–water partition coefficient (Wildman–Crippen LogP) is 3.10. The number of phenols is 1. The number of nitrogens with two attached hydrogens (primary N) is 2. The van der Waals surface area contributed by atoms with E-state index in [1.54, 1.807) is 29.7 Å². The third-order valence-corrected chi connectivity index (χ3v) is 4.99. The number of nitrogens with zero attached hydrogens (tertiary/aromatic N) is 2. The Morgan fingerprint density at radius 2 is 1.96 bits per heavy atom. The van der Waals surface area contributed by atoms with Crippen molar-refractivity contribution in [3.8, 4) is 11.4 Å². The normalized spacial score (nSPS) is 11.2. The lowest BCUT2D eigenvalue weighted by molar-refractivity contribution is 0.100. The van der Waals surface area contributed by atoms with Crippen LogP contribution < -0.4 is 11.5 Å². The molecule has 124 valence electrons. The van der Waals surface area contributed by atoms with Gasteiger partial charge in [-0.2, -0.15) is 0 Å². The van der Waals surface area contributed by atoms with Crippen LogP contribution in [0.1, 0.15) is 27.2 Å². The molecule has 2 heterocycles. The lowest BCUT2D eigenvalue weighted by atomic mass is 10.1. The van der Waals surface area contributed by atoms with E-state index in [0.29, 0.717) is 22.3 Å². The maximum absolute atomic E-state index is 11.9. The Morgan fingerprint density at radius 1 is 1.29 bits per heavy atom. The quantitative estimate of drug-likeness (QED) is 0.626. The summed E-state index contributed by atoms with van der Waals surface area (Å²) in [6, 6.07) is 5.21. The maximum atomic E-state index is 11.9. The zero-order valence-corrected chi connectivity index (χ0v) is 15.1. The number of halogens is 1. The van der Waals surface area contributed by atoms with Crippen LogP contribution in [0, 0.1) is 20.8 Å². The van der Waals surface area contributed by atoms with Crippen LogP contribution >= 0.6 is 15.9 Å². The van der Waals surface area contributed by atoms with E-state index in [9.17, 15) is 9.90 Å². The molecule has 0 saturated heterocycles. The van der Waals surface area contributed by atoms with Gasteiger partial charge in [0, 0.05) is 15.4 Å². The molecule has 3 aromatic rings. The van der Waals surface area contributed by atoms with E-state index in [2.05, 4.69) is 20.9 Å². The fraction of sp³-hybridized carbons (Fsp3) is 0.176. The third kappa shape index (κ3) is 2.24. The average Bonchev–Trinajstić information content (AvgIpc) is 2.77. The van der Waals surface area contributed by atoms with Crippen LogP contribution in [-0.4, -0.2) is 20.6 Å². The number of pyridine rings is 1. The molecule has 0 spiro atoms. The van der Waals surface area contributed by atoms with Gasteiger partial charge >= 0.3 is 0 Å². The number of carbonyl (C=O) groups is 1. The molecule has 6 nitrogen and oxygen atoms in total. The number of aromatic nitrogens is 2. The van der Waals surface area contributed by atoms with Crippen LogP contribution in [0.15, 0.2) is 22.7 Å². The van der Waals surface area contributed by atoms with E-state index in [0.717, 1.165) is 15.7 Å². The van der Waals surface area contributed by atoms with Crippen LogP contribution in [0.2, 0.25) is 0 Å². The van der Waals surface area contributed by atoms with Gasteiger partial charge in [-0.3, -0.25) is 9.36 Å². The largest absolute Gasteiger partial charge is 0.508 e. The number of benzene rings is 1. The van der Waals surface area contributed by atoms with Crippen LogP contribution in [0.25, 0.3) is 16.7 Å². The summed E-state index contributed by atoms with van der Waals surface area (Å²) in [7, 11) is 0. The molecule has 1 aromatic carbocycles. The summed E-state index contributed by atoms with van der Waals surface area (Å²) < 4.78 is 2.44. The topological polar surface area (TPSA) is 107 Å². The van der Waals surface area contributed by atoms with Crippen molar-refractivity contribution in [2.75, 3.05) is 5.73 Å². The second kappa shape index (κ2) is 5.52. The molecular weight excluding hydrogens is 372 g/mol. The molecule has 0 aliphatic carbocycles. The van der Waals surface area contributed by atoms with E-state index >= 15 is 0 Å². The van der Waals surface area contributed by atoms with E-state index in [1.165, 1.54) is 0 Å². The van der Waals surface area contributed by atoms with Gasteiger partial charge in [0.25, 0.3) is 5.91 Å². The molecule has 0 unspecified atom stereocenters. The molecule has 1 amide bonds. The SMILES string of the molecule is Cc1ccc(O)c(C)c1-n1c(N)c(C(N)=O)c2cc(Br)c(C)nc21. The zero-order chi connectivity index (χ0) is 17.8. The first-order chi connectivity index (χ1) is 11.2. The second-order valence-electron chi connectivity index (χ2n) is 5.76. The highest BCUT2D eigenvalue weighted by atomic mass is 79.9. The summed E-state index contributed by atoms with van der Waals surface area (Å²) in [6.07, 6.45) is 0. The van der Waals surface area contributed by atoms with Crippen LogP contribution in [-0.2, 0) is 0 Å². The molecule has 3 rings (SSSR count). The van der Waals surface area contributed by atoms with Crippen molar-refractivity contribution in [2.45, 2.75) is 20.8 Å². The number of primary amides is 1. The van der Waals surface area contributed by atoms with Crippen molar-refractivity contribution >= 4 is 38.7 Å². The Balaban J connectivity index is 2.55. The molecule has 2 aromatic heterocycles. The number of anilines is 1. The van der Waals surface area contributed by atoms with Gasteiger partial charge < -0.3 is 16.6 Å². The number of nitrogen functional groups attached to an aromatic ring is 1. The lowest BCUT2D eigenvalue weighted by Crippen LogP contribution is -2.14. The van der Waals surface area contributed by atoms with E-state index in [-0.39, 0.29) is 17.1 Å². The molecule has 0 aliphatic heterocycles. The van der Waals surface area contributed by atoms with Crippen molar-refractivity contribution in [3.05, 3.63) is 45.1 Å². The maximum Gasteiger partial charge on any atom is 0.253 e. The molecule has 7 heteroatoms. The fourth-order valence-corrected chi connectivity index (χ4v) is 3.26. The molecule has 24 heavy (non-hydrogen) atoms. The van der Waals surface area contributed by atoms with Gasteiger partial charge in [-0.15, -0.1) is 0 Å². The Kier molecular flexibility index (Phi) is 3.76. The first-order valence-corrected chi connectivity index (χ1v) is 8.09. The Labute approximate surface area is 147 Å². The van der Waals surface area contributed by atoms with Gasteiger partial charge in [-0.05, 0) is 54.4 Å². The van der Waals surface area contributed by atoms with Gasteiger partial charge in [-0.25, -0.2) is 4.98 Å². The van der Waals surface area contributed by atoms with Gasteiger partial charge in [0.15, 0.2) is 0 Å². The monoisotopic (exact) mass is 388 g/mol. The molecule has 0 aliphatic rings. The number of fused-ring (bicyclic) bond motifs is 1. The minimum absolute atomic E-state index is 0.145. The minimum atomic E-state index is -0.621. The summed E-state index contributed by atoms with van der Waals surface area (Å²) in [5, 5.41) is 10.7. The lowest BCUT2D eigenvalue weighted by Gasteiger charge is -2.15. The third-order valence-electron chi connectivity index (χ3n) is 4.18. The fourth-order valence-electron chi connectivity index (χ4n) is 2.94. The second-order valence-corrected chi connectivity index (χ2v) is 6.62. The number of hydrogen-bond donors (Lipinski definition) is 3. The molecule has 0 fully saturated rings. The number of rotatable bonds is 2. The predicted molar refractivity (Wildman–Crippen MR) is 97.6 cm³/mol. The van der Waals surface area contributed by atoms with Crippen LogP contribution in [0.4, 0.5) is 5.82 Å². The number of hydrogen-bond acceptors (Lipinski definition) is 4. The van der Waals surface area contributed by atoms with Gasteiger partial charge in [0.05, 0.1) is 16.9 Å². The molecule has 0 atom stereocenters. The van der Waals surface area contributed by atoms with Gasteiger partial charge in [-0.1, -0.05) is 6.07 Å². The number of amides is 1. The molecule has 5 N–H and O–H groups in total. The van der Waals surface area contributed by atoms with Gasteiger partial charge in [0.2, 0.25) is 0 Å². The van der Waals surface area contributed by atoms with Crippen molar-refractivity contribution < 1.29 is 9.90 Å². The summed E-state index contributed by atoms with van der Waals surface area (Å²) in [5.74, 6) is -0.269. The van der Waals surface area contributed by atoms with Crippen LogP contribution in [0.5, 0.6) is 5.75 Å². The molecule has 0 saturated carbocycles. The highest BCUT2D eigenvalue weighted by molar-refractivity contribution is 9.10. The van der Waals surface area contributed by atoms with E-state index < -0.39 is 5.91 Å². The Hall–Kier alpha value is -2.54. The Morgan fingerprint density at radius 3 is 2.58 bits per heavy atom. The van der Waals surface area contributed by atoms with Crippen molar-refractivity contribution in [3.63, 3.8) is 0 Å². The number of carbonyl (C=O) groups excluding carboxylic acids is 1. The number of aryl methyl sites for hydroxylation is 2. The Bertz CT molecular complexity index is 1010. The summed E-state index contributed by atoms with van der Waals surface area (Å²) in [6.45, 7) is 5.55. The smallest absolute Gasteiger partial charge is 0.253 e. The van der Waals surface area contributed by atoms with Crippen LogP contribution in [0.3, 0.4) is 0 Å². The van der Waals surface area contributed by atoms with Gasteiger partial charge in [0.1, 0.15) is 17.2 Å². The standard InChI is InChI=1S/C17H17BrN4O2/c1-7-4-5-12(23)8(2)14(7)22-15(19)13(16(20)24)10-6-11(18)9(3)21-17(10)22/h4-6,23H,19H2,1-3H3,(H2,20,24). The first kappa shape index (κ1) is 16.3. The van der Waals surface area contributed by atoms with Crippen molar-refractivity contribution in [1.29, 1.82) is 0 Å². The molecular formula is C17H17BrN4O2. The highest BCUT2D eigenvalue weighted by Crippen LogP contribution is 2.36. The highest BCUT2D eigenvalue weighted by Gasteiger charge is 2.24. The molecule has 0 radical (unpaired) electrons.